The molecule has 2 aromatic rings. The number of imidazole rings is 1. The van der Waals surface area contributed by atoms with Crippen LogP contribution in [0.15, 0.2) is 42.7 Å². The van der Waals surface area contributed by atoms with Crippen LogP contribution < -0.4 is 5.73 Å². The summed E-state index contributed by atoms with van der Waals surface area (Å²) in [5, 5.41) is 0. The van der Waals surface area contributed by atoms with Crippen molar-refractivity contribution in [3.63, 3.8) is 0 Å². The number of aromatic nitrogens is 2. The molecule has 6 heteroatoms. The third-order valence-corrected chi connectivity index (χ3v) is 3.58. The molecule has 2 N–H and O–H groups in total. The van der Waals surface area contributed by atoms with Crippen molar-refractivity contribution in [3.05, 3.63) is 54.1 Å². The highest BCUT2D eigenvalue weighted by Gasteiger charge is 2.26. The zero-order valence-electron chi connectivity index (χ0n) is 12.1. The SMILES string of the molecule is CN(Cc1nccn1C)C(=O)C(C(N)=S)c1ccccc1. The fourth-order valence-electron chi connectivity index (χ4n) is 2.13. The molecule has 1 aromatic carbocycles. The summed E-state index contributed by atoms with van der Waals surface area (Å²) in [4.78, 5) is 18.6. The predicted octanol–water partition coefficient (Wildman–Crippen LogP) is 1.45. The molecule has 0 aliphatic carbocycles. The second-order valence-electron chi connectivity index (χ2n) is 4.89. The van der Waals surface area contributed by atoms with Crippen molar-refractivity contribution in [1.29, 1.82) is 0 Å². The Bertz CT molecular complexity index is 638. The van der Waals surface area contributed by atoms with Crippen molar-refractivity contribution >= 4 is 23.1 Å². The van der Waals surface area contributed by atoms with E-state index in [0.29, 0.717) is 6.54 Å². The van der Waals surface area contributed by atoms with Gasteiger partial charge >= 0.3 is 0 Å². The number of hydrogen-bond acceptors (Lipinski definition) is 3. The molecule has 0 spiro atoms. The highest BCUT2D eigenvalue weighted by Crippen LogP contribution is 2.19. The highest BCUT2D eigenvalue weighted by atomic mass is 32.1. The quantitative estimate of drug-likeness (QED) is 0.849. The number of nitrogens with two attached hydrogens (primary N) is 1. The van der Waals surface area contributed by atoms with Gasteiger partial charge in [-0.15, -0.1) is 0 Å². The Morgan fingerprint density at radius 2 is 2.10 bits per heavy atom. The molecule has 0 bridgehead atoms. The number of amides is 1. The topological polar surface area (TPSA) is 64.2 Å². The Morgan fingerprint density at radius 3 is 2.62 bits per heavy atom. The Balaban J connectivity index is 2.19. The first-order chi connectivity index (χ1) is 10.0. The number of hydrogen-bond donors (Lipinski definition) is 1. The smallest absolute Gasteiger partial charge is 0.237 e. The molecule has 1 aromatic heterocycles. The van der Waals surface area contributed by atoms with Gasteiger partial charge in [-0.1, -0.05) is 42.5 Å². The molecule has 1 unspecified atom stereocenters. The van der Waals surface area contributed by atoms with Gasteiger partial charge in [0.2, 0.25) is 5.91 Å². The number of thiocarbonyl (C=S) groups is 1. The predicted molar refractivity (Wildman–Crippen MR) is 85.7 cm³/mol. The lowest BCUT2D eigenvalue weighted by Gasteiger charge is -2.23. The zero-order chi connectivity index (χ0) is 15.4. The molecule has 1 atom stereocenters. The maximum atomic E-state index is 12.6. The molecule has 0 aliphatic rings. The van der Waals surface area contributed by atoms with E-state index < -0.39 is 5.92 Å². The second kappa shape index (κ2) is 6.49. The van der Waals surface area contributed by atoms with E-state index in [0.717, 1.165) is 11.4 Å². The van der Waals surface area contributed by atoms with Gasteiger partial charge < -0.3 is 15.2 Å². The van der Waals surface area contributed by atoms with Crippen LogP contribution in [0, 0.1) is 0 Å². The fraction of sp³-hybridized carbons (Fsp3) is 0.267. The van der Waals surface area contributed by atoms with E-state index in [-0.39, 0.29) is 10.9 Å². The molecule has 21 heavy (non-hydrogen) atoms. The molecule has 0 aliphatic heterocycles. The van der Waals surface area contributed by atoms with Crippen molar-refractivity contribution in [3.8, 4) is 0 Å². The van der Waals surface area contributed by atoms with Crippen LogP contribution in [0.5, 0.6) is 0 Å². The van der Waals surface area contributed by atoms with Gasteiger partial charge in [-0.3, -0.25) is 4.79 Å². The zero-order valence-corrected chi connectivity index (χ0v) is 12.9. The fourth-order valence-corrected chi connectivity index (χ4v) is 2.37. The molecule has 0 saturated carbocycles. The third-order valence-electron chi connectivity index (χ3n) is 3.34. The average Bonchev–Trinajstić information content (AvgIpc) is 2.85. The minimum absolute atomic E-state index is 0.128. The summed E-state index contributed by atoms with van der Waals surface area (Å²) < 4.78 is 1.88. The lowest BCUT2D eigenvalue weighted by Crippen LogP contribution is -2.37. The lowest BCUT2D eigenvalue weighted by atomic mass is 9.97. The van der Waals surface area contributed by atoms with Crippen LogP contribution in [0.3, 0.4) is 0 Å². The number of likely N-dealkylation sites (N-methyl/N-ethyl adjacent to an activating group) is 1. The second-order valence-corrected chi connectivity index (χ2v) is 5.37. The molecule has 0 radical (unpaired) electrons. The van der Waals surface area contributed by atoms with Crippen molar-refractivity contribution in [2.75, 3.05) is 7.05 Å². The Labute approximate surface area is 129 Å². The summed E-state index contributed by atoms with van der Waals surface area (Å²) >= 11 is 5.08. The minimum Gasteiger partial charge on any atom is -0.392 e. The van der Waals surface area contributed by atoms with Crippen molar-refractivity contribution in [1.82, 2.24) is 14.5 Å². The first kappa shape index (κ1) is 15.2. The van der Waals surface area contributed by atoms with Crippen molar-refractivity contribution in [2.45, 2.75) is 12.5 Å². The van der Waals surface area contributed by atoms with Crippen LogP contribution in [-0.2, 0) is 18.4 Å². The summed E-state index contributed by atoms with van der Waals surface area (Å²) in [6.45, 7) is 0.411. The normalized spacial score (nSPS) is 11.9. The molecular weight excluding hydrogens is 284 g/mol. The minimum atomic E-state index is -0.605. The van der Waals surface area contributed by atoms with Crippen molar-refractivity contribution in [2.24, 2.45) is 12.8 Å². The number of carbonyl (C=O) groups excluding carboxylic acids is 1. The molecule has 1 amide bonds. The van der Waals surface area contributed by atoms with E-state index in [9.17, 15) is 4.79 Å². The Morgan fingerprint density at radius 1 is 1.43 bits per heavy atom. The monoisotopic (exact) mass is 302 g/mol. The average molecular weight is 302 g/mol. The summed E-state index contributed by atoms with van der Waals surface area (Å²) in [7, 11) is 3.62. The lowest BCUT2D eigenvalue weighted by molar-refractivity contribution is -0.130. The number of rotatable bonds is 5. The first-order valence-corrected chi connectivity index (χ1v) is 6.97. The van der Waals surface area contributed by atoms with Gasteiger partial charge in [-0.25, -0.2) is 4.98 Å². The summed E-state index contributed by atoms with van der Waals surface area (Å²) in [6.07, 6.45) is 3.55. The van der Waals surface area contributed by atoms with E-state index in [1.165, 1.54) is 0 Å². The van der Waals surface area contributed by atoms with Gasteiger partial charge in [0.15, 0.2) is 0 Å². The van der Waals surface area contributed by atoms with Crippen LogP contribution in [0.1, 0.15) is 17.3 Å². The Kier molecular flexibility index (Phi) is 4.70. The van der Waals surface area contributed by atoms with Crippen LogP contribution >= 0.6 is 12.2 Å². The molecular formula is C15H18N4OS. The largest absolute Gasteiger partial charge is 0.392 e. The van der Waals surface area contributed by atoms with Crippen LogP contribution in [0.4, 0.5) is 0 Å². The number of carbonyl (C=O) groups is 1. The van der Waals surface area contributed by atoms with Gasteiger partial charge in [0, 0.05) is 26.5 Å². The standard InChI is InChI=1S/C15H18N4OS/c1-18-9-8-17-12(18)10-19(2)15(20)13(14(16)21)11-6-4-3-5-7-11/h3-9,13H,10H2,1-2H3,(H2,16,21). The summed E-state index contributed by atoms with van der Waals surface area (Å²) in [6, 6.07) is 9.34. The highest BCUT2D eigenvalue weighted by molar-refractivity contribution is 7.80. The molecule has 5 nitrogen and oxygen atoms in total. The van der Waals surface area contributed by atoms with Gasteiger partial charge in [0.1, 0.15) is 11.7 Å². The van der Waals surface area contributed by atoms with E-state index >= 15 is 0 Å². The molecule has 2 rings (SSSR count). The van der Waals surface area contributed by atoms with E-state index in [2.05, 4.69) is 4.98 Å². The third kappa shape index (κ3) is 3.46. The number of aryl methyl sites for hydroxylation is 1. The van der Waals surface area contributed by atoms with Crippen molar-refractivity contribution < 1.29 is 4.79 Å². The van der Waals surface area contributed by atoms with Crippen LogP contribution in [0.2, 0.25) is 0 Å². The van der Waals surface area contributed by atoms with Gasteiger partial charge in [-0.2, -0.15) is 0 Å². The number of nitrogens with zero attached hydrogens (tertiary/aromatic N) is 3. The maximum Gasteiger partial charge on any atom is 0.237 e. The number of benzene rings is 1. The van der Waals surface area contributed by atoms with Gasteiger partial charge in [-0.05, 0) is 5.56 Å². The molecule has 0 saturated heterocycles. The maximum absolute atomic E-state index is 12.6. The van der Waals surface area contributed by atoms with Crippen LogP contribution in [-0.4, -0.2) is 32.4 Å². The molecule has 1 heterocycles. The molecule has 0 fully saturated rings. The van der Waals surface area contributed by atoms with E-state index in [1.54, 1.807) is 18.1 Å². The van der Waals surface area contributed by atoms with Gasteiger partial charge in [0.25, 0.3) is 0 Å². The van der Waals surface area contributed by atoms with Crippen LogP contribution in [0.25, 0.3) is 0 Å². The van der Waals surface area contributed by atoms with E-state index in [4.69, 9.17) is 18.0 Å². The van der Waals surface area contributed by atoms with E-state index in [1.807, 2.05) is 48.1 Å². The first-order valence-electron chi connectivity index (χ1n) is 6.56. The summed E-state index contributed by atoms with van der Waals surface area (Å²) in [5.74, 6) is 0.0729. The Hall–Kier alpha value is -2.21. The summed E-state index contributed by atoms with van der Waals surface area (Å²) in [5.41, 5.74) is 6.58. The molecule has 110 valence electrons. The van der Waals surface area contributed by atoms with Gasteiger partial charge in [0.05, 0.1) is 11.5 Å².